The molecule has 1 aromatic heterocycles. The maximum absolute atomic E-state index is 14.3. The molecule has 21 heteroatoms. The van der Waals surface area contributed by atoms with Gasteiger partial charge in [-0.2, -0.15) is 0 Å². The van der Waals surface area contributed by atoms with Crippen LogP contribution in [0.4, 0.5) is 11.4 Å². The number of aromatic amines is 1. The number of piperidine rings is 1. The number of phenols is 1. The number of fused-ring (bicyclic) bond motifs is 3. The van der Waals surface area contributed by atoms with E-state index in [0.717, 1.165) is 16.7 Å². The maximum atomic E-state index is 14.3. The number of hydrogen-bond donors (Lipinski definition) is 6. The summed E-state index contributed by atoms with van der Waals surface area (Å²) >= 11 is 0. The molecule has 14 atom stereocenters. The van der Waals surface area contributed by atoms with E-state index in [0.29, 0.717) is 79.4 Å². The number of methoxy groups -OCH3 is 3. The number of hydrogen-bond acceptors (Lipinski definition) is 17. The maximum Gasteiger partial charge on any atom is 0.335 e. The molecule has 4 aliphatic rings. The quantitative estimate of drug-likeness (QED) is 0.0333. The normalized spacial score (nSPS) is 30.1. The van der Waals surface area contributed by atoms with Crippen molar-refractivity contribution in [1.82, 2.24) is 14.7 Å². The number of benzene rings is 3. The number of aliphatic hydroxyl groups is 3. The van der Waals surface area contributed by atoms with Gasteiger partial charge in [0.2, 0.25) is 5.79 Å². The molecule has 3 aromatic carbocycles. The van der Waals surface area contributed by atoms with Gasteiger partial charge in [-0.3, -0.25) is 24.3 Å². The Kier molecular flexibility index (Phi) is 24.3. The molecule has 21 nitrogen and oxygen atoms in total. The van der Waals surface area contributed by atoms with E-state index in [2.05, 4.69) is 21.9 Å². The summed E-state index contributed by atoms with van der Waals surface area (Å²) < 4.78 is 31.2. The number of aromatic hydroxyl groups is 1. The fourth-order valence-corrected chi connectivity index (χ4v) is 12.9. The minimum atomic E-state index is -2.51. The second kappa shape index (κ2) is 31.2. The van der Waals surface area contributed by atoms with Gasteiger partial charge in [0.25, 0.3) is 17.2 Å². The van der Waals surface area contributed by atoms with Crippen LogP contribution in [0.1, 0.15) is 132 Å². The summed E-state index contributed by atoms with van der Waals surface area (Å²) in [5.41, 5.74) is 5.99. The van der Waals surface area contributed by atoms with Crippen molar-refractivity contribution in [3.05, 3.63) is 129 Å². The number of aromatic nitrogens is 2. The molecule has 3 fully saturated rings. The smallest absolute Gasteiger partial charge is 0.335 e. The third kappa shape index (κ3) is 16.4. The van der Waals surface area contributed by atoms with Crippen LogP contribution in [0.3, 0.4) is 0 Å². The molecular formula is C69H91N5O16. The van der Waals surface area contributed by atoms with Gasteiger partial charge in [0.1, 0.15) is 29.7 Å². The number of aryl methyl sites for hydroxylation is 3. The van der Waals surface area contributed by atoms with Gasteiger partial charge >= 0.3 is 11.9 Å². The van der Waals surface area contributed by atoms with E-state index in [-0.39, 0.29) is 77.8 Å². The lowest BCUT2D eigenvalue weighted by Gasteiger charge is -2.47. The Morgan fingerprint density at radius 1 is 0.833 bits per heavy atom. The zero-order valence-corrected chi connectivity index (χ0v) is 53.7. The molecule has 1 saturated carbocycles. The fraction of sp³-hybridized carbons (Fsp3) is 0.536. The van der Waals surface area contributed by atoms with Crippen LogP contribution < -0.4 is 5.56 Å². The third-order valence-electron chi connectivity index (χ3n) is 18.4. The van der Waals surface area contributed by atoms with Crippen LogP contribution in [-0.4, -0.2) is 152 Å². The van der Waals surface area contributed by atoms with Crippen molar-refractivity contribution in [2.45, 2.75) is 181 Å². The summed E-state index contributed by atoms with van der Waals surface area (Å²) in [7, 11) is 4.61. The number of Topliss-reactive ketones (excluding diaryl/α,β-unsaturated/α-hetero) is 2. The number of aromatic carboxylic acids is 1. The van der Waals surface area contributed by atoms with E-state index < -0.39 is 89.8 Å². The fourth-order valence-electron chi connectivity index (χ4n) is 12.9. The van der Waals surface area contributed by atoms with Crippen molar-refractivity contribution in [1.29, 1.82) is 0 Å². The first-order valence-electron chi connectivity index (χ1n) is 31.1. The number of esters is 1. The summed E-state index contributed by atoms with van der Waals surface area (Å²) in [5.74, 6) is -8.98. The van der Waals surface area contributed by atoms with Gasteiger partial charge in [0.15, 0.2) is 11.4 Å². The number of nitrogens with one attached hydrogen (secondary N) is 1. The van der Waals surface area contributed by atoms with Crippen LogP contribution in [0.5, 0.6) is 5.75 Å². The average Bonchev–Trinajstić information content (AvgIpc) is 0.884. The van der Waals surface area contributed by atoms with Crippen molar-refractivity contribution in [2.75, 3.05) is 27.9 Å². The van der Waals surface area contributed by atoms with Crippen molar-refractivity contribution in [3.8, 4) is 22.6 Å². The van der Waals surface area contributed by atoms with Gasteiger partial charge in [0.05, 0.1) is 47.5 Å². The number of aliphatic hydroxyl groups excluding tert-OH is 2. The van der Waals surface area contributed by atoms with Crippen LogP contribution in [0, 0.1) is 50.4 Å². The van der Waals surface area contributed by atoms with E-state index in [1.807, 2.05) is 65.0 Å². The number of amides is 1. The summed E-state index contributed by atoms with van der Waals surface area (Å²) in [4.78, 5) is 82.0. The molecular weight excluding hydrogens is 1150 g/mol. The zero-order valence-electron chi connectivity index (χ0n) is 53.7. The highest BCUT2D eigenvalue weighted by atomic mass is 16.7. The number of rotatable bonds is 12. The van der Waals surface area contributed by atoms with Crippen LogP contribution in [0.25, 0.3) is 16.8 Å². The average molecular weight is 1250 g/mol. The summed E-state index contributed by atoms with van der Waals surface area (Å²) in [6.45, 7) is 18.8. The van der Waals surface area contributed by atoms with E-state index in [9.17, 15) is 54.3 Å². The summed E-state index contributed by atoms with van der Waals surface area (Å²) in [5, 5.41) is 65.3. The minimum Gasteiger partial charge on any atom is -0.505 e. The first-order chi connectivity index (χ1) is 42.7. The largest absolute Gasteiger partial charge is 0.505 e. The molecule has 488 valence electrons. The second-order valence-corrected chi connectivity index (χ2v) is 25.0. The van der Waals surface area contributed by atoms with Crippen LogP contribution >= 0.6 is 0 Å². The van der Waals surface area contributed by atoms with E-state index in [4.69, 9.17) is 23.7 Å². The first kappa shape index (κ1) is 70.2. The van der Waals surface area contributed by atoms with Gasteiger partial charge in [-0.15, -0.1) is 16.8 Å². The van der Waals surface area contributed by atoms with Gasteiger partial charge < -0.3 is 54.1 Å². The van der Waals surface area contributed by atoms with Gasteiger partial charge in [-0.05, 0) is 163 Å². The molecule has 90 heavy (non-hydrogen) atoms. The van der Waals surface area contributed by atoms with Gasteiger partial charge in [-0.1, -0.05) is 74.9 Å². The standard InChI is InChI=1S/C44H69NO12.C25H22N4O4/c1-10-13-31-19-25(2)18-26(3)20-37(54-8)40-38(55-9)22-28(5)44(52,57-40)41(49)42(50)45-17-12-11-14-32(45)43(51)56-39(29(6)34(47)24-35(31)48)27(4)21-30-15-16-33(46)36(23-30)53-7;1-14-10-11-19(12-15(14)2)29-24(31)22(16(3)28-29)27-26-21-9-5-8-20(23(21)30)17-6-4-7-18(13-17)25(32)33/h10,19,21,26,28-34,36-40,46-47,52H,1,11-18,20,22-24H2,2-9H3;4-13,28,30H,1-3H3,(H,32,33)/b25-19+,27-21+;/t26-,28+,29+,30-,31+,32-,33+,34-,36+,37-,38-,39+,40+,44+;/m0./s1. The molecule has 6 N–H and O–H groups in total. The highest BCUT2D eigenvalue weighted by Gasteiger charge is 2.57. The Labute approximate surface area is 526 Å². The van der Waals surface area contributed by atoms with E-state index in [1.54, 1.807) is 64.3 Å². The number of para-hydroxylation sites is 1. The highest BCUT2D eigenvalue weighted by Crippen LogP contribution is 2.41. The SMILES string of the molecule is C=CC[C@@H]1/C=C(\C)C[C@H](C)C[C@H](OC)[C@H]2O[C@@](O)(C(=O)C(=O)N3CCCC[C@H]3C(=O)O[C@H](/C(C)=C/[C@@H]3CC[C@@H](O)[C@H](OC)C3)[C@H](C)[C@@H](O)CC1=O)[C@H](C)C[C@@H]2OC.Cc1ccc(-n2[nH]c(C)c(N=Nc3cccc(-c4cccc(C(=O)O)c4)c3O)c2=O)cc1C. The van der Waals surface area contributed by atoms with Crippen molar-refractivity contribution >= 4 is 40.8 Å². The van der Waals surface area contributed by atoms with E-state index in [1.165, 1.54) is 35.9 Å². The monoisotopic (exact) mass is 1250 g/mol. The number of nitrogens with zero attached hydrogens (tertiary/aromatic N) is 4. The molecule has 1 aliphatic carbocycles. The lowest BCUT2D eigenvalue weighted by atomic mass is 9.81. The first-order valence-corrected chi connectivity index (χ1v) is 31.1. The molecule has 0 spiro atoms. The number of phenolic OH excluding ortho intramolecular Hbond substituents is 1. The Hall–Kier alpha value is -7.24. The Morgan fingerprint density at radius 3 is 2.21 bits per heavy atom. The van der Waals surface area contributed by atoms with Gasteiger partial charge in [0, 0.05) is 57.6 Å². The number of cyclic esters (lactones) is 1. The summed E-state index contributed by atoms with van der Waals surface area (Å²) in [6.07, 6.45) is 4.93. The summed E-state index contributed by atoms with van der Waals surface area (Å²) in [6, 6.07) is 15.7. The van der Waals surface area contributed by atoms with Crippen LogP contribution in [-0.2, 0) is 42.9 Å². The lowest BCUT2D eigenvalue weighted by molar-refractivity contribution is -0.302. The molecule has 1 amide bonds. The molecule has 0 unspecified atom stereocenters. The predicted octanol–water partition coefficient (Wildman–Crippen LogP) is 10.2. The van der Waals surface area contributed by atoms with E-state index >= 15 is 0 Å². The Bertz CT molecular complexity index is 3380. The number of carbonyl (C=O) groups excluding carboxylic acids is 4. The molecule has 4 aromatic rings. The number of ether oxygens (including phenoxy) is 5. The topological polar surface area (TPSA) is 298 Å². The number of carboxylic acid groups (broad SMARTS) is 1. The molecule has 0 radical (unpaired) electrons. The predicted molar refractivity (Wildman–Crippen MR) is 338 cm³/mol. The van der Waals surface area contributed by atoms with Crippen molar-refractivity contribution in [2.24, 2.45) is 39.8 Å². The highest BCUT2D eigenvalue weighted by molar-refractivity contribution is 6.39. The van der Waals surface area contributed by atoms with Crippen LogP contribution in [0.15, 0.2) is 112 Å². The number of carboxylic acids is 1. The Morgan fingerprint density at radius 2 is 1.53 bits per heavy atom. The third-order valence-corrected chi connectivity index (χ3v) is 18.4. The number of carbonyl (C=O) groups is 5. The number of allylic oxidation sites excluding steroid dienone is 4. The zero-order chi connectivity index (χ0) is 65.9. The molecule has 4 heterocycles. The molecule has 2 saturated heterocycles. The van der Waals surface area contributed by atoms with Crippen molar-refractivity contribution < 1.29 is 73.2 Å². The molecule has 8 rings (SSSR count). The second-order valence-electron chi connectivity index (χ2n) is 25.0. The number of H-pyrrole nitrogens is 1. The molecule has 3 aliphatic heterocycles. The van der Waals surface area contributed by atoms with Crippen molar-refractivity contribution in [3.63, 3.8) is 0 Å². The number of azo groups is 1. The molecule has 2 bridgehead atoms. The minimum absolute atomic E-state index is 0.00988. The van der Waals surface area contributed by atoms with Gasteiger partial charge in [-0.25, -0.2) is 14.3 Å². The number of ketones is 2. The lowest BCUT2D eigenvalue weighted by Crippen LogP contribution is -2.64. The van der Waals surface area contributed by atoms with Crippen LogP contribution in [0.2, 0.25) is 0 Å². The Balaban J connectivity index is 0.000000294.